The molecule has 0 amide bonds. The molecular weight excluding hydrogens is 363 g/mol. The van der Waals surface area contributed by atoms with Crippen LogP contribution in [-0.4, -0.2) is 36.2 Å². The SMILES string of the molecule is C=C[C@H](c1c(Br)ccc(C)c1O)N1CCNCC1.Cl.Cl. The number of rotatable bonds is 3. The van der Waals surface area contributed by atoms with Gasteiger partial charge in [-0.25, -0.2) is 0 Å². The van der Waals surface area contributed by atoms with Gasteiger partial charge in [0.25, 0.3) is 0 Å². The molecule has 1 fully saturated rings. The molecule has 1 aromatic carbocycles. The van der Waals surface area contributed by atoms with E-state index in [0.29, 0.717) is 5.75 Å². The molecule has 0 unspecified atom stereocenters. The molecule has 20 heavy (non-hydrogen) atoms. The Morgan fingerprint density at radius 1 is 1.35 bits per heavy atom. The van der Waals surface area contributed by atoms with Crippen LogP contribution in [0, 0.1) is 6.92 Å². The highest BCUT2D eigenvalue weighted by atomic mass is 79.9. The average molecular weight is 384 g/mol. The predicted molar refractivity (Wildman–Crippen MR) is 92.4 cm³/mol. The summed E-state index contributed by atoms with van der Waals surface area (Å²) in [5.41, 5.74) is 1.82. The zero-order valence-corrected chi connectivity index (χ0v) is 14.7. The monoisotopic (exact) mass is 382 g/mol. The first kappa shape index (κ1) is 19.7. The number of phenols is 1. The Labute approximate surface area is 141 Å². The summed E-state index contributed by atoms with van der Waals surface area (Å²) in [6, 6.07) is 3.96. The third-order valence-corrected chi connectivity index (χ3v) is 4.12. The van der Waals surface area contributed by atoms with Gasteiger partial charge in [0.1, 0.15) is 5.75 Å². The van der Waals surface area contributed by atoms with Gasteiger partial charge >= 0.3 is 0 Å². The number of nitrogens with one attached hydrogen (secondary N) is 1. The van der Waals surface area contributed by atoms with Gasteiger partial charge < -0.3 is 10.4 Å². The molecule has 1 heterocycles. The highest BCUT2D eigenvalue weighted by Crippen LogP contribution is 2.37. The normalized spacial score (nSPS) is 16.7. The number of phenolic OH excluding ortho intramolecular Hbond substituents is 1. The Kier molecular flexibility index (Phi) is 8.79. The van der Waals surface area contributed by atoms with Gasteiger partial charge in [0.05, 0.1) is 6.04 Å². The highest BCUT2D eigenvalue weighted by molar-refractivity contribution is 9.10. The fourth-order valence-corrected chi connectivity index (χ4v) is 2.94. The van der Waals surface area contributed by atoms with Crippen LogP contribution in [0.4, 0.5) is 0 Å². The zero-order valence-electron chi connectivity index (χ0n) is 11.4. The number of piperazine rings is 1. The van der Waals surface area contributed by atoms with Crippen LogP contribution in [-0.2, 0) is 0 Å². The first-order chi connectivity index (χ1) is 8.65. The zero-order chi connectivity index (χ0) is 13.1. The molecule has 114 valence electrons. The molecule has 2 N–H and O–H groups in total. The maximum Gasteiger partial charge on any atom is 0.124 e. The van der Waals surface area contributed by atoms with Crippen molar-refractivity contribution in [3.63, 3.8) is 0 Å². The van der Waals surface area contributed by atoms with Gasteiger partial charge in [-0.2, -0.15) is 0 Å². The van der Waals surface area contributed by atoms with Gasteiger partial charge in [0, 0.05) is 36.2 Å². The predicted octanol–water partition coefficient (Wildman–Crippen LogP) is 3.44. The summed E-state index contributed by atoms with van der Waals surface area (Å²) in [5, 5.41) is 13.6. The van der Waals surface area contributed by atoms with Crippen molar-refractivity contribution in [1.82, 2.24) is 10.2 Å². The molecule has 1 aliphatic heterocycles. The molecule has 0 radical (unpaired) electrons. The number of hydrogen-bond acceptors (Lipinski definition) is 3. The van der Waals surface area contributed by atoms with Crippen LogP contribution in [0.1, 0.15) is 17.2 Å². The first-order valence-corrected chi connectivity index (χ1v) is 6.99. The van der Waals surface area contributed by atoms with E-state index in [4.69, 9.17) is 0 Å². The van der Waals surface area contributed by atoms with E-state index in [-0.39, 0.29) is 30.9 Å². The smallest absolute Gasteiger partial charge is 0.124 e. The molecule has 0 aliphatic carbocycles. The first-order valence-electron chi connectivity index (χ1n) is 6.20. The number of nitrogens with zero attached hydrogens (tertiary/aromatic N) is 1. The van der Waals surface area contributed by atoms with E-state index in [1.165, 1.54) is 0 Å². The second-order valence-corrected chi connectivity index (χ2v) is 5.45. The second-order valence-electron chi connectivity index (χ2n) is 4.59. The second kappa shape index (κ2) is 8.90. The van der Waals surface area contributed by atoms with Gasteiger partial charge in [0.15, 0.2) is 0 Å². The van der Waals surface area contributed by atoms with Gasteiger partial charge in [0.2, 0.25) is 0 Å². The van der Waals surface area contributed by atoms with Gasteiger partial charge in [-0.15, -0.1) is 31.4 Å². The Hall–Kier alpha value is -0.260. The average Bonchev–Trinajstić information content (AvgIpc) is 2.40. The topological polar surface area (TPSA) is 35.5 Å². The van der Waals surface area contributed by atoms with Crippen LogP contribution in [0.25, 0.3) is 0 Å². The molecule has 0 saturated carbocycles. The number of hydrogen-bond donors (Lipinski definition) is 2. The van der Waals surface area contributed by atoms with Crippen molar-refractivity contribution >= 4 is 40.7 Å². The quantitative estimate of drug-likeness (QED) is 0.784. The Morgan fingerprint density at radius 2 is 1.95 bits per heavy atom. The van der Waals surface area contributed by atoms with Gasteiger partial charge in [-0.1, -0.05) is 28.1 Å². The fraction of sp³-hybridized carbons (Fsp3) is 0.429. The van der Waals surface area contributed by atoms with Crippen molar-refractivity contribution < 1.29 is 5.11 Å². The van der Waals surface area contributed by atoms with Crippen molar-refractivity contribution in [1.29, 1.82) is 0 Å². The third-order valence-electron chi connectivity index (χ3n) is 3.43. The highest BCUT2D eigenvalue weighted by Gasteiger charge is 2.24. The number of aromatic hydroxyl groups is 1. The number of benzene rings is 1. The van der Waals surface area contributed by atoms with Crippen LogP contribution < -0.4 is 5.32 Å². The summed E-state index contributed by atoms with van der Waals surface area (Å²) in [7, 11) is 0. The van der Waals surface area contributed by atoms with E-state index < -0.39 is 0 Å². The fourth-order valence-electron chi connectivity index (χ4n) is 2.38. The van der Waals surface area contributed by atoms with E-state index in [9.17, 15) is 5.11 Å². The molecular formula is C14H21BrCl2N2O. The molecule has 1 atom stereocenters. The van der Waals surface area contributed by atoms with E-state index in [2.05, 4.69) is 32.7 Å². The molecule has 6 heteroatoms. The van der Waals surface area contributed by atoms with Gasteiger partial charge in [-0.05, 0) is 18.6 Å². The van der Waals surface area contributed by atoms with Crippen LogP contribution in [0.5, 0.6) is 5.75 Å². The van der Waals surface area contributed by atoms with E-state index >= 15 is 0 Å². The molecule has 3 nitrogen and oxygen atoms in total. The van der Waals surface area contributed by atoms with Crippen LogP contribution in [0.15, 0.2) is 29.3 Å². The lowest BCUT2D eigenvalue weighted by Crippen LogP contribution is -2.44. The molecule has 0 bridgehead atoms. The molecule has 1 aromatic rings. The summed E-state index contributed by atoms with van der Waals surface area (Å²) in [6.45, 7) is 9.75. The van der Waals surface area contributed by atoms with E-state index in [0.717, 1.165) is 41.8 Å². The standard InChI is InChI=1S/C14H19BrN2O.2ClH/c1-3-12(17-8-6-16-7-9-17)13-11(15)5-4-10(2)14(13)18;;/h3-5,12,16,18H,1,6-9H2,2H3;2*1H/t12-;;/m1../s1. The summed E-state index contributed by atoms with van der Waals surface area (Å²) in [5.74, 6) is 0.368. The number of aryl methyl sites for hydroxylation is 1. The molecule has 1 saturated heterocycles. The van der Waals surface area contributed by atoms with Crippen molar-refractivity contribution in [3.8, 4) is 5.75 Å². The minimum Gasteiger partial charge on any atom is -0.507 e. The lowest BCUT2D eigenvalue weighted by molar-refractivity contribution is 0.200. The van der Waals surface area contributed by atoms with E-state index in [1.807, 2.05) is 25.1 Å². The molecule has 0 aromatic heterocycles. The number of halogens is 3. The Morgan fingerprint density at radius 3 is 2.50 bits per heavy atom. The molecule has 2 rings (SSSR count). The lowest BCUT2D eigenvalue weighted by atomic mass is 10.0. The van der Waals surface area contributed by atoms with Crippen molar-refractivity contribution in [2.24, 2.45) is 0 Å². The lowest BCUT2D eigenvalue weighted by Gasteiger charge is -2.34. The molecule has 0 spiro atoms. The van der Waals surface area contributed by atoms with Crippen LogP contribution in [0.3, 0.4) is 0 Å². The summed E-state index contributed by atoms with van der Waals surface area (Å²) < 4.78 is 0.939. The van der Waals surface area contributed by atoms with Crippen molar-refractivity contribution in [2.45, 2.75) is 13.0 Å². The minimum absolute atomic E-state index is 0. The third kappa shape index (κ3) is 4.12. The van der Waals surface area contributed by atoms with E-state index in [1.54, 1.807) is 0 Å². The summed E-state index contributed by atoms with van der Waals surface area (Å²) in [6.07, 6.45) is 1.91. The van der Waals surface area contributed by atoms with Crippen LogP contribution in [0.2, 0.25) is 0 Å². The maximum absolute atomic E-state index is 10.3. The van der Waals surface area contributed by atoms with Gasteiger partial charge in [-0.3, -0.25) is 4.90 Å². The van der Waals surface area contributed by atoms with Crippen molar-refractivity contribution in [3.05, 3.63) is 40.4 Å². The molecule has 1 aliphatic rings. The summed E-state index contributed by atoms with van der Waals surface area (Å²) >= 11 is 3.54. The van der Waals surface area contributed by atoms with Crippen LogP contribution >= 0.6 is 40.7 Å². The Bertz CT molecular complexity index is 451. The maximum atomic E-state index is 10.3. The minimum atomic E-state index is 0. The summed E-state index contributed by atoms with van der Waals surface area (Å²) in [4.78, 5) is 2.34. The largest absolute Gasteiger partial charge is 0.507 e. The Balaban J connectivity index is 0.00000180. The van der Waals surface area contributed by atoms with Crippen molar-refractivity contribution in [2.75, 3.05) is 26.2 Å².